The Morgan fingerprint density at radius 3 is 2.61 bits per heavy atom. The molecule has 1 heterocycles. The van der Waals surface area contributed by atoms with E-state index in [1.165, 1.54) is 35.3 Å². The highest BCUT2D eigenvalue weighted by Gasteiger charge is 2.22. The average Bonchev–Trinajstić information content (AvgIpc) is 2.73. The standard InChI is InChI=1S/C12H12FN3O2/c1-16-11(14-7-15-16)6-10(12(17)18)8-2-4-9(13)5-3-8/h2-5,7,10H,6H2,1H3,(H,17,18). The monoisotopic (exact) mass is 249 g/mol. The maximum Gasteiger partial charge on any atom is 0.311 e. The molecule has 94 valence electrons. The lowest BCUT2D eigenvalue weighted by Gasteiger charge is -2.12. The van der Waals surface area contributed by atoms with Crippen LogP contribution in [0.5, 0.6) is 0 Å². The highest BCUT2D eigenvalue weighted by molar-refractivity contribution is 5.76. The highest BCUT2D eigenvalue weighted by Crippen LogP contribution is 2.20. The number of aromatic nitrogens is 3. The molecule has 0 aliphatic carbocycles. The van der Waals surface area contributed by atoms with Crippen LogP contribution in [0.25, 0.3) is 0 Å². The van der Waals surface area contributed by atoms with Crippen LogP contribution < -0.4 is 0 Å². The van der Waals surface area contributed by atoms with Crippen molar-refractivity contribution in [2.75, 3.05) is 0 Å². The van der Waals surface area contributed by atoms with E-state index in [0.29, 0.717) is 11.4 Å². The van der Waals surface area contributed by atoms with Crippen LogP contribution in [-0.2, 0) is 18.3 Å². The van der Waals surface area contributed by atoms with Crippen molar-refractivity contribution in [2.45, 2.75) is 12.3 Å². The van der Waals surface area contributed by atoms with Gasteiger partial charge in [0, 0.05) is 13.5 Å². The van der Waals surface area contributed by atoms with Crippen molar-refractivity contribution in [3.63, 3.8) is 0 Å². The Morgan fingerprint density at radius 1 is 1.44 bits per heavy atom. The first-order valence-electron chi connectivity index (χ1n) is 5.39. The van der Waals surface area contributed by atoms with E-state index in [2.05, 4.69) is 10.1 Å². The van der Waals surface area contributed by atoms with Gasteiger partial charge in [0.1, 0.15) is 18.0 Å². The third kappa shape index (κ3) is 2.53. The van der Waals surface area contributed by atoms with Crippen LogP contribution in [0, 0.1) is 5.82 Å². The van der Waals surface area contributed by atoms with Crippen molar-refractivity contribution in [3.8, 4) is 0 Å². The molecule has 0 radical (unpaired) electrons. The van der Waals surface area contributed by atoms with Gasteiger partial charge in [0.05, 0.1) is 5.92 Å². The molecule has 0 saturated heterocycles. The predicted molar refractivity (Wildman–Crippen MR) is 61.5 cm³/mol. The number of aryl methyl sites for hydroxylation is 1. The molecule has 5 nitrogen and oxygen atoms in total. The molecule has 0 bridgehead atoms. The molecule has 0 amide bonds. The molecule has 1 aromatic heterocycles. The van der Waals surface area contributed by atoms with Gasteiger partial charge in [0.15, 0.2) is 0 Å². The van der Waals surface area contributed by atoms with Gasteiger partial charge in [-0.25, -0.2) is 9.37 Å². The zero-order valence-corrected chi connectivity index (χ0v) is 9.75. The molecule has 1 aromatic carbocycles. The first-order chi connectivity index (χ1) is 8.58. The van der Waals surface area contributed by atoms with Gasteiger partial charge < -0.3 is 5.11 Å². The number of carbonyl (C=O) groups is 1. The van der Waals surface area contributed by atoms with Crippen LogP contribution in [0.15, 0.2) is 30.6 Å². The van der Waals surface area contributed by atoms with Crippen LogP contribution in [-0.4, -0.2) is 25.8 Å². The summed E-state index contributed by atoms with van der Waals surface area (Å²) < 4.78 is 14.3. The van der Waals surface area contributed by atoms with E-state index in [4.69, 9.17) is 0 Å². The summed E-state index contributed by atoms with van der Waals surface area (Å²) in [5.74, 6) is -1.54. The van der Waals surface area contributed by atoms with Crippen LogP contribution in [0.3, 0.4) is 0 Å². The molecule has 2 aromatic rings. The van der Waals surface area contributed by atoms with Gasteiger partial charge in [-0.2, -0.15) is 5.10 Å². The van der Waals surface area contributed by atoms with E-state index in [-0.39, 0.29) is 12.2 Å². The minimum atomic E-state index is -0.968. The summed E-state index contributed by atoms with van der Waals surface area (Å²) in [6.45, 7) is 0. The lowest BCUT2D eigenvalue weighted by atomic mass is 9.95. The first-order valence-corrected chi connectivity index (χ1v) is 5.39. The average molecular weight is 249 g/mol. The van der Waals surface area contributed by atoms with Crippen molar-refractivity contribution < 1.29 is 14.3 Å². The Morgan fingerprint density at radius 2 is 2.11 bits per heavy atom. The number of hydrogen-bond acceptors (Lipinski definition) is 3. The van der Waals surface area contributed by atoms with Crippen molar-refractivity contribution in [3.05, 3.63) is 47.8 Å². The molecule has 1 N–H and O–H groups in total. The van der Waals surface area contributed by atoms with E-state index in [0.717, 1.165) is 0 Å². The summed E-state index contributed by atoms with van der Waals surface area (Å²) in [5.41, 5.74) is 0.548. The van der Waals surface area contributed by atoms with Gasteiger partial charge in [-0.05, 0) is 17.7 Å². The maximum absolute atomic E-state index is 12.8. The summed E-state index contributed by atoms with van der Waals surface area (Å²) in [7, 11) is 1.70. The van der Waals surface area contributed by atoms with Crippen LogP contribution in [0.4, 0.5) is 4.39 Å². The van der Waals surface area contributed by atoms with Gasteiger partial charge in [0.25, 0.3) is 0 Å². The van der Waals surface area contributed by atoms with Gasteiger partial charge in [-0.1, -0.05) is 12.1 Å². The van der Waals surface area contributed by atoms with E-state index in [1.54, 1.807) is 7.05 Å². The quantitative estimate of drug-likeness (QED) is 0.888. The minimum absolute atomic E-state index is 0.220. The lowest BCUT2D eigenvalue weighted by Crippen LogP contribution is -2.16. The Labute approximate surface area is 103 Å². The zero-order valence-electron chi connectivity index (χ0n) is 9.75. The molecule has 1 unspecified atom stereocenters. The number of nitrogens with zero attached hydrogens (tertiary/aromatic N) is 3. The van der Waals surface area contributed by atoms with E-state index in [1.807, 2.05) is 0 Å². The normalized spacial score (nSPS) is 12.3. The Kier molecular flexibility index (Phi) is 3.36. The molecule has 0 aliphatic heterocycles. The van der Waals surface area contributed by atoms with E-state index in [9.17, 15) is 14.3 Å². The number of carboxylic acids is 1. The lowest BCUT2D eigenvalue weighted by molar-refractivity contribution is -0.138. The number of halogens is 1. The van der Waals surface area contributed by atoms with Crippen molar-refractivity contribution in [1.82, 2.24) is 14.8 Å². The highest BCUT2D eigenvalue weighted by atomic mass is 19.1. The fraction of sp³-hybridized carbons (Fsp3) is 0.250. The third-order valence-corrected chi connectivity index (χ3v) is 2.76. The Hall–Kier alpha value is -2.24. The molecule has 0 spiro atoms. The number of carboxylic acid groups (broad SMARTS) is 1. The van der Waals surface area contributed by atoms with Crippen LogP contribution in [0.2, 0.25) is 0 Å². The van der Waals surface area contributed by atoms with Crippen molar-refractivity contribution >= 4 is 5.97 Å². The summed E-state index contributed by atoms with van der Waals surface area (Å²) in [6.07, 6.45) is 1.59. The zero-order chi connectivity index (χ0) is 13.1. The number of benzene rings is 1. The first kappa shape index (κ1) is 12.2. The van der Waals surface area contributed by atoms with Gasteiger partial charge in [0.2, 0.25) is 0 Å². The van der Waals surface area contributed by atoms with E-state index < -0.39 is 11.9 Å². The second-order valence-electron chi connectivity index (χ2n) is 3.95. The SMILES string of the molecule is Cn1ncnc1CC(C(=O)O)c1ccc(F)cc1. The second kappa shape index (κ2) is 4.95. The Balaban J connectivity index is 2.27. The number of rotatable bonds is 4. The van der Waals surface area contributed by atoms with Crippen LogP contribution in [0.1, 0.15) is 17.3 Å². The molecule has 0 saturated carbocycles. The van der Waals surface area contributed by atoms with Gasteiger partial charge >= 0.3 is 5.97 Å². The molecular weight excluding hydrogens is 237 g/mol. The van der Waals surface area contributed by atoms with Gasteiger partial charge in [-0.3, -0.25) is 9.48 Å². The second-order valence-corrected chi connectivity index (χ2v) is 3.95. The summed E-state index contributed by atoms with van der Waals surface area (Å²) in [4.78, 5) is 15.3. The largest absolute Gasteiger partial charge is 0.481 e. The molecule has 1 atom stereocenters. The Bertz CT molecular complexity index is 551. The number of aliphatic carboxylic acids is 1. The smallest absolute Gasteiger partial charge is 0.311 e. The molecule has 0 fully saturated rings. The number of hydrogen-bond donors (Lipinski definition) is 1. The molecule has 6 heteroatoms. The fourth-order valence-electron chi connectivity index (χ4n) is 1.73. The fourth-order valence-corrected chi connectivity index (χ4v) is 1.73. The van der Waals surface area contributed by atoms with Crippen LogP contribution >= 0.6 is 0 Å². The summed E-state index contributed by atoms with van der Waals surface area (Å²) >= 11 is 0. The van der Waals surface area contributed by atoms with Gasteiger partial charge in [-0.15, -0.1) is 0 Å². The summed E-state index contributed by atoms with van der Waals surface area (Å²) in [5, 5.41) is 13.1. The molecule has 0 aliphatic rings. The topological polar surface area (TPSA) is 68.0 Å². The minimum Gasteiger partial charge on any atom is -0.481 e. The van der Waals surface area contributed by atoms with Crippen molar-refractivity contribution in [1.29, 1.82) is 0 Å². The summed E-state index contributed by atoms with van der Waals surface area (Å²) in [6, 6.07) is 5.46. The van der Waals surface area contributed by atoms with Crippen molar-refractivity contribution in [2.24, 2.45) is 7.05 Å². The third-order valence-electron chi connectivity index (χ3n) is 2.76. The predicted octanol–water partition coefficient (Wildman–Crippen LogP) is 1.37. The molecular formula is C12H12FN3O2. The molecule has 18 heavy (non-hydrogen) atoms. The van der Waals surface area contributed by atoms with E-state index >= 15 is 0 Å². The molecule has 2 rings (SSSR count). The maximum atomic E-state index is 12.8.